The fourth-order valence-electron chi connectivity index (χ4n) is 2.90. The van der Waals surface area contributed by atoms with Crippen LogP contribution in [0.25, 0.3) is 0 Å². The number of hydrogen-bond donors (Lipinski definition) is 1. The van der Waals surface area contributed by atoms with Gasteiger partial charge in [0.1, 0.15) is 24.4 Å². The van der Waals surface area contributed by atoms with Crippen LogP contribution in [0.5, 0.6) is 0 Å². The first-order valence-electron chi connectivity index (χ1n) is 6.53. The van der Waals surface area contributed by atoms with Gasteiger partial charge in [0.05, 0.1) is 6.61 Å². The van der Waals surface area contributed by atoms with Crippen molar-refractivity contribution in [3.05, 3.63) is 35.9 Å². The quantitative estimate of drug-likeness (QED) is 0.766. The van der Waals surface area contributed by atoms with Crippen molar-refractivity contribution in [3.8, 4) is 0 Å². The van der Waals surface area contributed by atoms with Gasteiger partial charge in [-0.3, -0.25) is 0 Å². The van der Waals surface area contributed by atoms with E-state index in [0.717, 1.165) is 5.56 Å². The molecule has 1 aromatic rings. The minimum absolute atomic E-state index is 0.279. The van der Waals surface area contributed by atoms with Crippen molar-refractivity contribution < 1.29 is 24.1 Å². The molecular formula is C14H16O5. The molecule has 0 aromatic heterocycles. The van der Waals surface area contributed by atoms with Crippen molar-refractivity contribution in [2.45, 2.75) is 43.4 Å². The van der Waals surface area contributed by atoms with E-state index in [1.807, 2.05) is 37.3 Å². The summed E-state index contributed by atoms with van der Waals surface area (Å²) in [6, 6.07) is 9.70. The molecule has 1 aromatic carbocycles. The summed E-state index contributed by atoms with van der Waals surface area (Å²) in [5.74, 6) is -0.660. The van der Waals surface area contributed by atoms with Gasteiger partial charge in [0.15, 0.2) is 12.1 Å². The van der Waals surface area contributed by atoms with E-state index in [0.29, 0.717) is 6.61 Å². The number of aliphatic hydroxyl groups is 1. The molecule has 0 bridgehead atoms. The maximum Gasteiger partial charge on any atom is 0.195 e. The first-order chi connectivity index (χ1) is 9.17. The predicted octanol–water partition coefficient (Wildman–Crippen LogP) is 0.975. The molecule has 0 spiro atoms. The van der Waals surface area contributed by atoms with Crippen molar-refractivity contribution in [3.63, 3.8) is 0 Å². The highest BCUT2D eigenvalue weighted by Gasteiger charge is 2.66. The van der Waals surface area contributed by atoms with E-state index >= 15 is 0 Å². The Morgan fingerprint density at radius 2 is 2.00 bits per heavy atom. The minimum Gasteiger partial charge on any atom is -0.387 e. The number of epoxide rings is 1. The predicted molar refractivity (Wildman–Crippen MR) is 64.2 cm³/mol. The van der Waals surface area contributed by atoms with Crippen LogP contribution in [0.2, 0.25) is 0 Å². The second-order valence-electron chi connectivity index (χ2n) is 5.38. The van der Waals surface area contributed by atoms with Crippen LogP contribution in [0.4, 0.5) is 0 Å². The molecule has 3 saturated heterocycles. The number of fused-ring (bicyclic) bond motifs is 2. The van der Waals surface area contributed by atoms with Crippen molar-refractivity contribution >= 4 is 0 Å². The van der Waals surface area contributed by atoms with Crippen LogP contribution in [0.15, 0.2) is 30.3 Å². The number of ether oxygens (including phenoxy) is 4. The molecule has 3 heterocycles. The standard InChI is InChI=1S/C14H16O5/c1-14-12(19-14)10(15)11-9(18-14)7-16-13(17-11)8-5-3-2-4-6-8/h2-6,9-13,15H,7H2,1H3/t9?,10?,11-,12?,13?,14-/m1/s1. The van der Waals surface area contributed by atoms with Crippen molar-refractivity contribution in [1.82, 2.24) is 0 Å². The Balaban J connectivity index is 1.54. The Morgan fingerprint density at radius 3 is 2.79 bits per heavy atom. The van der Waals surface area contributed by atoms with Crippen LogP contribution in [0.3, 0.4) is 0 Å². The molecule has 4 unspecified atom stereocenters. The zero-order valence-electron chi connectivity index (χ0n) is 10.6. The van der Waals surface area contributed by atoms with Gasteiger partial charge in [-0.05, 0) is 6.92 Å². The molecule has 19 heavy (non-hydrogen) atoms. The van der Waals surface area contributed by atoms with Gasteiger partial charge in [0, 0.05) is 5.56 Å². The molecule has 1 N–H and O–H groups in total. The zero-order valence-corrected chi connectivity index (χ0v) is 10.6. The van der Waals surface area contributed by atoms with Crippen LogP contribution in [-0.4, -0.2) is 41.9 Å². The summed E-state index contributed by atoms with van der Waals surface area (Å²) in [6.45, 7) is 2.23. The average molecular weight is 264 g/mol. The molecule has 0 amide bonds. The maximum atomic E-state index is 10.3. The molecule has 5 nitrogen and oxygen atoms in total. The summed E-state index contributed by atoms with van der Waals surface area (Å²) in [5.41, 5.74) is 0.943. The Bertz CT molecular complexity index is 478. The van der Waals surface area contributed by atoms with E-state index < -0.39 is 24.3 Å². The molecule has 0 aliphatic carbocycles. The van der Waals surface area contributed by atoms with Gasteiger partial charge in [-0.25, -0.2) is 0 Å². The third kappa shape index (κ3) is 1.81. The topological polar surface area (TPSA) is 60.5 Å². The number of benzene rings is 1. The monoisotopic (exact) mass is 264 g/mol. The third-order valence-corrected chi connectivity index (χ3v) is 3.98. The SMILES string of the molecule is C[C@]12OC3COC(c4ccccc4)O[C@H]3C(O)C1O2. The maximum absolute atomic E-state index is 10.3. The second-order valence-corrected chi connectivity index (χ2v) is 5.38. The number of aliphatic hydroxyl groups excluding tert-OH is 1. The Hall–Kier alpha value is -0.980. The second kappa shape index (κ2) is 4.01. The van der Waals surface area contributed by atoms with E-state index in [4.69, 9.17) is 18.9 Å². The van der Waals surface area contributed by atoms with Crippen LogP contribution < -0.4 is 0 Å². The smallest absolute Gasteiger partial charge is 0.195 e. The molecule has 3 aliphatic heterocycles. The van der Waals surface area contributed by atoms with Gasteiger partial charge in [0.25, 0.3) is 0 Å². The summed E-state index contributed by atoms with van der Waals surface area (Å²) in [6.07, 6.45) is -2.09. The summed E-state index contributed by atoms with van der Waals surface area (Å²) in [4.78, 5) is 0. The highest BCUT2D eigenvalue weighted by atomic mass is 16.8. The lowest BCUT2D eigenvalue weighted by Gasteiger charge is -2.41. The first-order valence-corrected chi connectivity index (χ1v) is 6.53. The van der Waals surface area contributed by atoms with Gasteiger partial charge in [-0.1, -0.05) is 30.3 Å². The summed E-state index contributed by atoms with van der Waals surface area (Å²) in [7, 11) is 0. The van der Waals surface area contributed by atoms with Gasteiger partial charge in [0.2, 0.25) is 0 Å². The molecular weight excluding hydrogens is 248 g/mol. The third-order valence-electron chi connectivity index (χ3n) is 3.98. The first kappa shape index (κ1) is 11.8. The van der Waals surface area contributed by atoms with Gasteiger partial charge >= 0.3 is 0 Å². The fraction of sp³-hybridized carbons (Fsp3) is 0.571. The molecule has 3 fully saturated rings. The molecule has 3 aliphatic rings. The average Bonchev–Trinajstić information content (AvgIpc) is 3.12. The number of rotatable bonds is 1. The van der Waals surface area contributed by atoms with Crippen molar-refractivity contribution in [2.75, 3.05) is 6.61 Å². The number of hydrogen-bond acceptors (Lipinski definition) is 5. The molecule has 6 atom stereocenters. The van der Waals surface area contributed by atoms with Crippen LogP contribution in [-0.2, 0) is 18.9 Å². The van der Waals surface area contributed by atoms with Crippen molar-refractivity contribution in [1.29, 1.82) is 0 Å². The van der Waals surface area contributed by atoms with Gasteiger partial charge in [-0.2, -0.15) is 0 Å². The van der Waals surface area contributed by atoms with Crippen LogP contribution in [0, 0.1) is 0 Å². The Kier molecular flexibility index (Phi) is 2.49. The summed E-state index contributed by atoms with van der Waals surface area (Å²) < 4.78 is 22.7. The van der Waals surface area contributed by atoms with Gasteiger partial charge < -0.3 is 24.1 Å². The lowest BCUT2D eigenvalue weighted by Crippen LogP contribution is -2.56. The Morgan fingerprint density at radius 1 is 1.21 bits per heavy atom. The van der Waals surface area contributed by atoms with E-state index in [1.165, 1.54) is 0 Å². The molecule has 0 radical (unpaired) electrons. The minimum atomic E-state index is -0.668. The highest BCUT2D eigenvalue weighted by molar-refractivity contribution is 5.17. The van der Waals surface area contributed by atoms with Crippen LogP contribution >= 0.6 is 0 Å². The molecule has 4 rings (SSSR count). The van der Waals surface area contributed by atoms with E-state index in [9.17, 15) is 5.11 Å². The largest absolute Gasteiger partial charge is 0.387 e. The fourth-order valence-corrected chi connectivity index (χ4v) is 2.90. The molecule has 102 valence electrons. The van der Waals surface area contributed by atoms with E-state index in [-0.39, 0.29) is 12.2 Å². The Labute approximate surface area is 111 Å². The van der Waals surface area contributed by atoms with E-state index in [1.54, 1.807) is 0 Å². The normalized spacial score (nSPS) is 48.2. The molecule has 0 saturated carbocycles. The molecule has 5 heteroatoms. The van der Waals surface area contributed by atoms with Crippen LogP contribution in [0.1, 0.15) is 18.8 Å². The summed E-state index contributed by atoms with van der Waals surface area (Å²) in [5, 5.41) is 10.3. The zero-order chi connectivity index (χ0) is 13.0. The summed E-state index contributed by atoms with van der Waals surface area (Å²) >= 11 is 0. The van der Waals surface area contributed by atoms with Gasteiger partial charge in [-0.15, -0.1) is 0 Å². The van der Waals surface area contributed by atoms with Crippen molar-refractivity contribution in [2.24, 2.45) is 0 Å². The highest BCUT2D eigenvalue weighted by Crippen LogP contribution is 2.48. The lowest BCUT2D eigenvalue weighted by atomic mass is 9.97. The lowest BCUT2D eigenvalue weighted by molar-refractivity contribution is -0.307. The van der Waals surface area contributed by atoms with E-state index in [2.05, 4.69) is 0 Å².